The summed E-state index contributed by atoms with van der Waals surface area (Å²) in [6, 6.07) is 4.91. The van der Waals surface area contributed by atoms with Crippen molar-refractivity contribution in [1.29, 1.82) is 5.41 Å². The van der Waals surface area contributed by atoms with Crippen molar-refractivity contribution in [1.82, 2.24) is 14.6 Å². The van der Waals surface area contributed by atoms with Crippen molar-refractivity contribution in [2.45, 2.75) is 43.5 Å². The van der Waals surface area contributed by atoms with Gasteiger partial charge < -0.3 is 16.0 Å². The van der Waals surface area contributed by atoms with Gasteiger partial charge in [-0.25, -0.2) is 18.1 Å². The Labute approximate surface area is 207 Å². The molecule has 1 saturated heterocycles. The van der Waals surface area contributed by atoms with Crippen LogP contribution in [0.3, 0.4) is 0 Å². The molecule has 1 saturated carbocycles. The van der Waals surface area contributed by atoms with Crippen molar-refractivity contribution in [3.8, 4) is 0 Å². The molecule has 0 bridgehead atoms. The van der Waals surface area contributed by atoms with Crippen LogP contribution in [0.25, 0.3) is 0 Å². The molecule has 2 atom stereocenters. The molecule has 0 spiro atoms. The van der Waals surface area contributed by atoms with E-state index < -0.39 is 16.1 Å². The first-order valence-corrected chi connectivity index (χ1v) is 13.8. The van der Waals surface area contributed by atoms with Gasteiger partial charge in [-0.05, 0) is 49.2 Å². The number of thiazole rings is 1. The first-order chi connectivity index (χ1) is 16.3. The lowest BCUT2D eigenvalue weighted by atomic mass is 9.90. The third-order valence-electron chi connectivity index (χ3n) is 6.18. The number of nitrogens with one attached hydrogen (secondary N) is 2. The summed E-state index contributed by atoms with van der Waals surface area (Å²) in [6.07, 6.45) is 6.42. The third kappa shape index (κ3) is 4.31. The molecule has 34 heavy (non-hydrogen) atoms. The number of halogens is 1. The van der Waals surface area contributed by atoms with E-state index in [1.807, 2.05) is 35.4 Å². The van der Waals surface area contributed by atoms with Gasteiger partial charge in [0.15, 0.2) is 10.8 Å². The summed E-state index contributed by atoms with van der Waals surface area (Å²) in [7, 11) is -3.37. The van der Waals surface area contributed by atoms with E-state index >= 15 is 0 Å². The maximum absolute atomic E-state index is 12.7. The van der Waals surface area contributed by atoms with Gasteiger partial charge in [-0.15, -0.1) is 11.3 Å². The fraction of sp³-hybridized carbons (Fsp3) is 0.348. The number of hydrogen-bond donors (Lipinski definition) is 3. The summed E-state index contributed by atoms with van der Waals surface area (Å²) in [5.74, 6) is 0.660. The van der Waals surface area contributed by atoms with E-state index in [0.29, 0.717) is 42.2 Å². The van der Waals surface area contributed by atoms with E-state index in [1.54, 1.807) is 6.20 Å². The van der Waals surface area contributed by atoms with E-state index in [4.69, 9.17) is 27.7 Å². The predicted molar refractivity (Wildman–Crippen MR) is 136 cm³/mol. The topological polar surface area (TPSA) is 125 Å². The number of nitrogens with zero attached hydrogens (tertiary/aromatic N) is 3. The number of rotatable bonds is 7. The Morgan fingerprint density at radius 1 is 1.38 bits per heavy atom. The monoisotopic (exact) mass is 516 g/mol. The standard InChI is InChI=1S/C23H25ClN6O2S2/c1-13-2-5-16(17(24)10-13)21-20(18(26)6-7-25)19-11-14(29-34(31,32)15-3-4-15)12-30(19)22(28-21)23-27-8-9-33-23/h2,5-10,14-15,21,26,29H,3-4,11-12,25H2,1H3/b7-6-,26-18?/t14-,21-/m0/s1. The van der Waals surface area contributed by atoms with Crippen molar-refractivity contribution in [3.05, 3.63) is 74.5 Å². The Morgan fingerprint density at radius 3 is 2.82 bits per heavy atom. The van der Waals surface area contributed by atoms with Crippen LogP contribution in [0.2, 0.25) is 5.02 Å². The molecule has 0 radical (unpaired) electrons. The van der Waals surface area contributed by atoms with Crippen LogP contribution in [0, 0.1) is 12.3 Å². The third-order valence-corrected chi connectivity index (χ3v) is 9.29. The fourth-order valence-electron chi connectivity index (χ4n) is 4.48. The van der Waals surface area contributed by atoms with Crippen molar-refractivity contribution >= 4 is 44.5 Å². The molecule has 3 heterocycles. The van der Waals surface area contributed by atoms with Crippen molar-refractivity contribution in [2.24, 2.45) is 10.7 Å². The van der Waals surface area contributed by atoms with Gasteiger partial charge in [0.1, 0.15) is 6.04 Å². The Balaban J connectivity index is 1.64. The Morgan fingerprint density at radius 2 is 2.18 bits per heavy atom. The Bertz CT molecular complexity index is 1330. The zero-order valence-corrected chi connectivity index (χ0v) is 20.9. The number of benzene rings is 1. The number of aliphatic imine (C=N–C) groups is 1. The highest BCUT2D eigenvalue weighted by molar-refractivity contribution is 7.90. The van der Waals surface area contributed by atoms with Gasteiger partial charge in [0, 0.05) is 46.9 Å². The highest BCUT2D eigenvalue weighted by atomic mass is 35.5. The SMILES string of the molecule is Cc1ccc([C@@H]2N=C(c3nccs3)N3C[C@@H](NS(=O)(=O)C4CC4)CC3=C2C(=N)/C=C\N)c(Cl)c1. The predicted octanol–water partition coefficient (Wildman–Crippen LogP) is 3.51. The number of aryl methyl sites for hydroxylation is 1. The average molecular weight is 517 g/mol. The molecule has 8 nitrogen and oxygen atoms in total. The number of amidine groups is 1. The van der Waals surface area contributed by atoms with E-state index in [9.17, 15) is 8.42 Å². The summed E-state index contributed by atoms with van der Waals surface area (Å²) in [5.41, 5.74) is 9.17. The second-order valence-corrected chi connectivity index (χ2v) is 12.0. The fourth-order valence-corrected chi connectivity index (χ4v) is 7.03. The van der Waals surface area contributed by atoms with Crippen LogP contribution >= 0.6 is 22.9 Å². The lowest BCUT2D eigenvalue weighted by molar-refractivity contribution is 0.513. The smallest absolute Gasteiger partial charge is 0.214 e. The second-order valence-electron chi connectivity index (χ2n) is 8.72. The maximum Gasteiger partial charge on any atom is 0.214 e. The largest absolute Gasteiger partial charge is 0.405 e. The van der Waals surface area contributed by atoms with Gasteiger partial charge in [0.05, 0.1) is 11.0 Å². The van der Waals surface area contributed by atoms with Crippen LogP contribution < -0.4 is 10.5 Å². The van der Waals surface area contributed by atoms with Crippen LogP contribution in [0.1, 0.15) is 41.4 Å². The summed E-state index contributed by atoms with van der Waals surface area (Å²) >= 11 is 8.13. The molecular weight excluding hydrogens is 492 g/mol. The first-order valence-electron chi connectivity index (χ1n) is 11.0. The molecule has 4 N–H and O–H groups in total. The molecule has 2 fully saturated rings. The van der Waals surface area contributed by atoms with Crippen LogP contribution in [0.5, 0.6) is 0 Å². The van der Waals surface area contributed by atoms with Crippen molar-refractivity contribution < 1.29 is 8.42 Å². The Hall–Kier alpha value is -2.53. The van der Waals surface area contributed by atoms with E-state index in [2.05, 4.69) is 9.71 Å². The lowest BCUT2D eigenvalue weighted by Gasteiger charge is -2.32. The minimum atomic E-state index is -3.37. The van der Waals surface area contributed by atoms with Gasteiger partial charge in [-0.1, -0.05) is 23.7 Å². The highest BCUT2D eigenvalue weighted by Crippen LogP contribution is 2.43. The maximum atomic E-state index is 12.7. The van der Waals surface area contributed by atoms with Gasteiger partial charge in [0.2, 0.25) is 10.0 Å². The summed E-state index contributed by atoms with van der Waals surface area (Å²) < 4.78 is 28.2. The molecule has 1 aromatic heterocycles. The number of hydrogen-bond acceptors (Lipinski definition) is 8. The van der Waals surface area contributed by atoms with Gasteiger partial charge in [0.25, 0.3) is 0 Å². The van der Waals surface area contributed by atoms with Gasteiger partial charge in [-0.2, -0.15) is 0 Å². The summed E-state index contributed by atoms with van der Waals surface area (Å²) in [4.78, 5) is 11.5. The molecule has 3 aliphatic rings. The highest BCUT2D eigenvalue weighted by Gasteiger charge is 2.43. The normalized spacial score (nSPS) is 22.9. The number of sulfonamides is 1. The van der Waals surface area contributed by atoms with E-state index in [1.165, 1.54) is 23.6 Å². The number of nitrogens with two attached hydrogens (primary N) is 1. The molecule has 5 rings (SSSR count). The molecule has 178 valence electrons. The second kappa shape index (κ2) is 8.92. The van der Waals surface area contributed by atoms with Gasteiger partial charge >= 0.3 is 0 Å². The van der Waals surface area contributed by atoms with E-state index in [-0.39, 0.29) is 17.0 Å². The lowest BCUT2D eigenvalue weighted by Crippen LogP contribution is -2.40. The summed E-state index contributed by atoms with van der Waals surface area (Å²) in [6.45, 7) is 2.38. The summed E-state index contributed by atoms with van der Waals surface area (Å²) in [5, 5.41) is 11.7. The molecule has 0 amide bonds. The molecule has 11 heteroatoms. The Kier molecular flexibility index (Phi) is 6.09. The van der Waals surface area contributed by atoms with Crippen LogP contribution in [-0.2, 0) is 10.0 Å². The zero-order valence-electron chi connectivity index (χ0n) is 18.5. The molecular formula is C23H25ClN6O2S2. The van der Waals surface area contributed by atoms with Gasteiger partial charge in [-0.3, -0.25) is 4.99 Å². The van der Waals surface area contributed by atoms with Crippen molar-refractivity contribution in [2.75, 3.05) is 6.54 Å². The van der Waals surface area contributed by atoms with Crippen LogP contribution in [0.15, 0.2) is 58.3 Å². The molecule has 0 unspecified atom stereocenters. The number of fused-ring (bicyclic) bond motifs is 1. The number of allylic oxidation sites excluding steroid dienone is 1. The zero-order chi connectivity index (χ0) is 24.0. The molecule has 2 aromatic rings. The molecule has 1 aliphatic carbocycles. The quantitative estimate of drug-likeness (QED) is 0.486. The van der Waals surface area contributed by atoms with E-state index in [0.717, 1.165) is 21.8 Å². The first kappa shape index (κ1) is 23.2. The molecule has 2 aliphatic heterocycles. The molecule has 1 aromatic carbocycles. The van der Waals surface area contributed by atoms with Crippen molar-refractivity contribution in [3.63, 3.8) is 0 Å². The average Bonchev–Trinajstić information content (AvgIpc) is 3.36. The minimum absolute atomic E-state index is 0.219. The van der Waals surface area contributed by atoms with Crippen LogP contribution in [-0.4, -0.2) is 47.7 Å². The number of aromatic nitrogens is 1. The minimum Gasteiger partial charge on any atom is -0.405 e. The van der Waals surface area contributed by atoms with Crippen LogP contribution in [0.4, 0.5) is 0 Å².